The third kappa shape index (κ3) is 3.72. The molecule has 1 aliphatic rings. The molecule has 1 fully saturated rings. The Labute approximate surface area is 156 Å². The topological polar surface area (TPSA) is 76.3 Å². The maximum absolute atomic E-state index is 12.8. The van der Waals surface area contributed by atoms with E-state index in [1.807, 2.05) is 47.8 Å². The Bertz CT molecular complexity index is 953. The van der Waals surface area contributed by atoms with Crippen LogP contribution in [0.1, 0.15) is 30.2 Å². The molecule has 2 aromatic heterocycles. The van der Waals surface area contributed by atoms with E-state index in [0.717, 1.165) is 23.3 Å². The van der Waals surface area contributed by atoms with Gasteiger partial charge in [0.1, 0.15) is 0 Å². The van der Waals surface area contributed by atoms with Gasteiger partial charge in [-0.05, 0) is 29.9 Å². The van der Waals surface area contributed by atoms with Crippen LogP contribution in [0.25, 0.3) is 10.8 Å². The summed E-state index contributed by atoms with van der Waals surface area (Å²) in [5, 5.41) is 10.2. The van der Waals surface area contributed by atoms with Crippen LogP contribution in [0.15, 0.2) is 52.3 Å². The van der Waals surface area contributed by atoms with Crippen molar-refractivity contribution in [1.82, 2.24) is 14.5 Å². The molecule has 1 saturated heterocycles. The van der Waals surface area contributed by atoms with Gasteiger partial charge in [0.15, 0.2) is 0 Å². The van der Waals surface area contributed by atoms with Crippen LogP contribution in [0.2, 0.25) is 0 Å². The number of benzene rings is 1. The second-order valence-corrected chi connectivity index (χ2v) is 9.28. The molecule has 8 heteroatoms. The van der Waals surface area contributed by atoms with Crippen LogP contribution in [-0.4, -0.2) is 36.0 Å². The zero-order valence-electron chi connectivity index (χ0n) is 14.1. The van der Waals surface area contributed by atoms with E-state index in [2.05, 4.69) is 10.2 Å². The lowest BCUT2D eigenvalue weighted by atomic mass is 10.00. The van der Waals surface area contributed by atoms with Crippen LogP contribution < -0.4 is 0 Å². The van der Waals surface area contributed by atoms with Gasteiger partial charge in [0, 0.05) is 13.1 Å². The minimum absolute atomic E-state index is 0.0187. The zero-order valence-corrected chi connectivity index (χ0v) is 15.7. The Morgan fingerprint density at radius 3 is 2.77 bits per heavy atom. The first-order chi connectivity index (χ1) is 12.6. The van der Waals surface area contributed by atoms with E-state index in [1.165, 1.54) is 11.3 Å². The van der Waals surface area contributed by atoms with E-state index in [-0.39, 0.29) is 11.7 Å². The zero-order chi connectivity index (χ0) is 18.0. The summed E-state index contributed by atoms with van der Waals surface area (Å²) in [4.78, 5) is 0.924. The molecule has 1 unspecified atom stereocenters. The summed E-state index contributed by atoms with van der Waals surface area (Å²) < 4.78 is 32.9. The predicted octanol–water partition coefficient (Wildman–Crippen LogP) is 3.51. The fourth-order valence-corrected chi connectivity index (χ4v) is 5.43. The van der Waals surface area contributed by atoms with Crippen molar-refractivity contribution in [2.75, 3.05) is 13.1 Å². The monoisotopic (exact) mass is 389 g/mol. The Hall–Kier alpha value is -2.03. The summed E-state index contributed by atoms with van der Waals surface area (Å²) in [7, 11) is -3.37. The molecule has 4 rings (SSSR count). The highest BCUT2D eigenvalue weighted by molar-refractivity contribution is 7.88. The van der Waals surface area contributed by atoms with Gasteiger partial charge < -0.3 is 4.42 Å². The van der Waals surface area contributed by atoms with Crippen molar-refractivity contribution in [3.8, 4) is 10.8 Å². The molecular formula is C18H19N3O3S2. The van der Waals surface area contributed by atoms with Gasteiger partial charge >= 0.3 is 0 Å². The molecule has 6 nitrogen and oxygen atoms in total. The maximum Gasteiger partial charge on any atom is 0.257 e. The van der Waals surface area contributed by atoms with Gasteiger partial charge in [0.25, 0.3) is 5.89 Å². The summed E-state index contributed by atoms with van der Waals surface area (Å²) in [6, 6.07) is 13.1. The van der Waals surface area contributed by atoms with Gasteiger partial charge in [0.2, 0.25) is 15.9 Å². The van der Waals surface area contributed by atoms with E-state index < -0.39 is 10.0 Å². The van der Waals surface area contributed by atoms with Gasteiger partial charge in [-0.1, -0.05) is 36.4 Å². The Balaban J connectivity index is 1.49. The lowest BCUT2D eigenvalue weighted by Gasteiger charge is -2.30. The molecule has 0 amide bonds. The van der Waals surface area contributed by atoms with Crippen LogP contribution in [0.4, 0.5) is 0 Å². The third-order valence-electron chi connectivity index (χ3n) is 4.49. The highest BCUT2D eigenvalue weighted by atomic mass is 32.2. The molecule has 0 bridgehead atoms. The quantitative estimate of drug-likeness (QED) is 0.667. The molecule has 0 radical (unpaired) electrons. The van der Waals surface area contributed by atoms with Crippen molar-refractivity contribution in [2.45, 2.75) is 24.5 Å². The Kier molecular flexibility index (Phi) is 4.88. The lowest BCUT2D eigenvalue weighted by molar-refractivity contribution is 0.286. The second kappa shape index (κ2) is 7.30. The van der Waals surface area contributed by atoms with E-state index in [0.29, 0.717) is 24.9 Å². The highest BCUT2D eigenvalue weighted by Crippen LogP contribution is 2.31. The van der Waals surface area contributed by atoms with Crippen molar-refractivity contribution < 1.29 is 12.8 Å². The third-order valence-corrected chi connectivity index (χ3v) is 7.17. The molecule has 1 aliphatic heterocycles. The van der Waals surface area contributed by atoms with Crippen LogP contribution in [0.3, 0.4) is 0 Å². The summed E-state index contributed by atoms with van der Waals surface area (Å²) >= 11 is 1.54. The summed E-state index contributed by atoms with van der Waals surface area (Å²) in [5.41, 5.74) is 0.799. The van der Waals surface area contributed by atoms with Crippen LogP contribution in [0, 0.1) is 0 Å². The standard InChI is InChI=1S/C18H19N3O3S2/c22-26(23,13-14-6-2-1-3-7-14)21-10-4-8-15(12-21)17-19-20-18(24-17)16-9-5-11-25-16/h1-3,5-7,9,11,15H,4,8,10,12-13H2. The summed E-state index contributed by atoms with van der Waals surface area (Å²) in [6.45, 7) is 0.929. The van der Waals surface area contributed by atoms with E-state index in [9.17, 15) is 8.42 Å². The summed E-state index contributed by atoms with van der Waals surface area (Å²) in [6.07, 6.45) is 1.64. The maximum atomic E-state index is 12.8. The number of hydrogen-bond acceptors (Lipinski definition) is 6. The first kappa shape index (κ1) is 17.4. The average molecular weight is 390 g/mol. The van der Waals surface area contributed by atoms with Gasteiger partial charge in [-0.2, -0.15) is 0 Å². The number of sulfonamides is 1. The number of rotatable bonds is 5. The van der Waals surface area contributed by atoms with Crippen molar-refractivity contribution in [3.63, 3.8) is 0 Å². The molecule has 0 aliphatic carbocycles. The van der Waals surface area contributed by atoms with Gasteiger partial charge in [-0.3, -0.25) is 0 Å². The SMILES string of the molecule is O=S(=O)(Cc1ccccc1)N1CCCC(c2nnc(-c3cccs3)o2)C1. The molecule has 1 atom stereocenters. The van der Waals surface area contributed by atoms with Crippen molar-refractivity contribution in [3.05, 3.63) is 59.3 Å². The van der Waals surface area contributed by atoms with E-state index in [1.54, 1.807) is 4.31 Å². The minimum atomic E-state index is -3.37. The largest absolute Gasteiger partial charge is 0.420 e. The smallest absolute Gasteiger partial charge is 0.257 e. The molecule has 0 saturated carbocycles. The van der Waals surface area contributed by atoms with Crippen LogP contribution in [-0.2, 0) is 15.8 Å². The Morgan fingerprint density at radius 2 is 2.00 bits per heavy atom. The normalized spacial score (nSPS) is 18.8. The highest BCUT2D eigenvalue weighted by Gasteiger charge is 2.32. The number of aromatic nitrogens is 2. The van der Waals surface area contributed by atoms with Crippen LogP contribution in [0.5, 0.6) is 0 Å². The molecule has 3 heterocycles. The molecule has 0 spiro atoms. The van der Waals surface area contributed by atoms with Crippen LogP contribution >= 0.6 is 11.3 Å². The van der Waals surface area contributed by atoms with Crippen molar-refractivity contribution in [1.29, 1.82) is 0 Å². The molecular weight excluding hydrogens is 370 g/mol. The fraction of sp³-hybridized carbons (Fsp3) is 0.333. The molecule has 1 aromatic carbocycles. The number of piperidine rings is 1. The van der Waals surface area contributed by atoms with E-state index >= 15 is 0 Å². The second-order valence-electron chi connectivity index (χ2n) is 6.36. The lowest BCUT2D eigenvalue weighted by Crippen LogP contribution is -2.39. The van der Waals surface area contributed by atoms with Gasteiger partial charge in [-0.15, -0.1) is 21.5 Å². The molecule has 136 valence electrons. The first-order valence-corrected chi connectivity index (χ1v) is 11.0. The first-order valence-electron chi connectivity index (χ1n) is 8.51. The molecule has 3 aromatic rings. The number of hydrogen-bond donors (Lipinski definition) is 0. The van der Waals surface area contributed by atoms with E-state index in [4.69, 9.17) is 4.42 Å². The predicted molar refractivity (Wildman–Crippen MR) is 100 cm³/mol. The number of thiophene rings is 1. The number of nitrogens with zero attached hydrogens (tertiary/aromatic N) is 3. The Morgan fingerprint density at radius 1 is 1.15 bits per heavy atom. The fourth-order valence-electron chi connectivity index (χ4n) is 3.17. The van der Waals surface area contributed by atoms with Gasteiger partial charge in [-0.25, -0.2) is 12.7 Å². The van der Waals surface area contributed by atoms with Gasteiger partial charge in [0.05, 0.1) is 16.5 Å². The summed E-state index contributed by atoms with van der Waals surface area (Å²) in [5.74, 6) is 0.980. The van der Waals surface area contributed by atoms with Crippen molar-refractivity contribution >= 4 is 21.4 Å². The molecule has 26 heavy (non-hydrogen) atoms. The minimum Gasteiger partial charge on any atom is -0.420 e. The van der Waals surface area contributed by atoms with Crippen molar-refractivity contribution in [2.24, 2.45) is 0 Å². The average Bonchev–Trinajstić information content (AvgIpc) is 3.34. The molecule has 0 N–H and O–H groups in total.